The van der Waals surface area contributed by atoms with Crippen molar-refractivity contribution < 1.29 is 14.5 Å². The van der Waals surface area contributed by atoms with Crippen molar-refractivity contribution in [2.24, 2.45) is 0 Å². The number of hydrogen-bond acceptors (Lipinski definition) is 2. The lowest BCUT2D eigenvalue weighted by Crippen LogP contribution is -2.35. The van der Waals surface area contributed by atoms with Crippen molar-refractivity contribution >= 4 is 5.97 Å². The number of carboxylic acids is 1. The van der Waals surface area contributed by atoms with Crippen LogP contribution in [0.2, 0.25) is 0 Å². The molecule has 10 heavy (non-hydrogen) atoms. The summed E-state index contributed by atoms with van der Waals surface area (Å²) in [5.74, 6) is -1.02. The Hall–Kier alpha value is -1.32. The lowest BCUT2D eigenvalue weighted by atomic mass is 10.4. The molecule has 1 aromatic rings. The summed E-state index contributed by atoms with van der Waals surface area (Å²) in [5.41, 5.74) is 0. The van der Waals surface area contributed by atoms with Gasteiger partial charge in [-0.15, -0.1) is 0 Å². The van der Waals surface area contributed by atoms with Crippen LogP contribution in [-0.4, -0.2) is 11.0 Å². The SMILES string of the molecule is O=C([O-])CC[n+]1cc[nH]c1. The quantitative estimate of drug-likeness (QED) is 0.516. The predicted octanol–water partition coefficient (Wildman–Crippen LogP) is -1.56. The number of aromatic nitrogens is 2. The zero-order valence-corrected chi connectivity index (χ0v) is 5.41. The molecule has 1 N–H and O–H groups in total. The average Bonchev–Trinajstić information content (AvgIpc) is 2.34. The van der Waals surface area contributed by atoms with Gasteiger partial charge in [-0.25, -0.2) is 4.57 Å². The van der Waals surface area contributed by atoms with Crippen LogP contribution < -0.4 is 9.67 Å². The number of carboxylic acid groups (broad SMARTS) is 1. The molecule has 0 aliphatic carbocycles. The third-order valence-corrected chi connectivity index (χ3v) is 1.18. The molecule has 0 amide bonds. The lowest BCUT2D eigenvalue weighted by molar-refractivity contribution is -0.695. The highest BCUT2D eigenvalue weighted by molar-refractivity contribution is 5.63. The molecular formula is C6H8N2O2. The third kappa shape index (κ3) is 1.89. The summed E-state index contributed by atoms with van der Waals surface area (Å²) in [6, 6.07) is 0. The van der Waals surface area contributed by atoms with E-state index < -0.39 is 5.97 Å². The Balaban J connectivity index is 2.35. The third-order valence-electron chi connectivity index (χ3n) is 1.18. The molecule has 0 radical (unpaired) electrons. The molecule has 4 nitrogen and oxygen atoms in total. The molecule has 0 unspecified atom stereocenters. The second kappa shape index (κ2) is 3.00. The first-order valence-corrected chi connectivity index (χ1v) is 3.01. The molecule has 0 aliphatic heterocycles. The highest BCUT2D eigenvalue weighted by atomic mass is 16.4. The topological polar surface area (TPSA) is 59.8 Å². The van der Waals surface area contributed by atoms with Crippen LogP contribution in [0.5, 0.6) is 0 Å². The van der Waals surface area contributed by atoms with Crippen molar-refractivity contribution in [1.29, 1.82) is 0 Å². The van der Waals surface area contributed by atoms with E-state index in [4.69, 9.17) is 0 Å². The number of aryl methyl sites for hydroxylation is 1. The van der Waals surface area contributed by atoms with Gasteiger partial charge in [0.15, 0.2) is 0 Å². The van der Waals surface area contributed by atoms with Gasteiger partial charge in [-0.1, -0.05) is 0 Å². The van der Waals surface area contributed by atoms with E-state index in [9.17, 15) is 9.90 Å². The molecule has 54 valence electrons. The standard InChI is InChI=1S/C6H8N2O2/c9-6(10)1-3-8-4-2-7-5-8/h2,4-5H,1,3H2,(H,9,10). The van der Waals surface area contributed by atoms with Crippen LogP contribution in [0.3, 0.4) is 0 Å². The van der Waals surface area contributed by atoms with Crippen LogP contribution in [0.25, 0.3) is 0 Å². The van der Waals surface area contributed by atoms with Crippen LogP contribution in [0, 0.1) is 0 Å². The molecule has 1 heterocycles. The smallest absolute Gasteiger partial charge is 0.241 e. The number of carbonyl (C=O) groups is 1. The molecule has 4 heteroatoms. The summed E-state index contributed by atoms with van der Waals surface area (Å²) in [5, 5.41) is 9.96. The fourth-order valence-electron chi connectivity index (χ4n) is 0.680. The number of aromatic amines is 1. The number of carbonyl (C=O) groups excluding carboxylic acids is 1. The first-order valence-electron chi connectivity index (χ1n) is 3.01. The zero-order chi connectivity index (χ0) is 7.40. The number of nitrogens with zero attached hydrogens (tertiary/aromatic N) is 1. The molecular weight excluding hydrogens is 132 g/mol. The van der Waals surface area contributed by atoms with Gasteiger partial charge in [0.1, 0.15) is 12.4 Å². The van der Waals surface area contributed by atoms with E-state index in [0.717, 1.165) is 0 Å². The Morgan fingerprint density at radius 1 is 1.70 bits per heavy atom. The molecule has 0 saturated carbocycles. The van der Waals surface area contributed by atoms with Crippen molar-refractivity contribution in [3.8, 4) is 0 Å². The van der Waals surface area contributed by atoms with Gasteiger partial charge in [-0.2, -0.15) is 0 Å². The Morgan fingerprint density at radius 2 is 2.50 bits per heavy atom. The Labute approximate surface area is 58.1 Å². The van der Waals surface area contributed by atoms with Gasteiger partial charge < -0.3 is 9.90 Å². The van der Waals surface area contributed by atoms with Gasteiger partial charge in [0.25, 0.3) is 0 Å². The number of rotatable bonds is 3. The minimum absolute atomic E-state index is 0.0581. The fourth-order valence-corrected chi connectivity index (χ4v) is 0.680. The van der Waals surface area contributed by atoms with E-state index in [1.54, 1.807) is 23.3 Å². The second-order valence-corrected chi connectivity index (χ2v) is 1.97. The molecule has 0 aliphatic rings. The van der Waals surface area contributed by atoms with E-state index in [1.807, 2.05) is 0 Å². The van der Waals surface area contributed by atoms with E-state index in [-0.39, 0.29) is 6.42 Å². The summed E-state index contributed by atoms with van der Waals surface area (Å²) in [4.78, 5) is 12.8. The maximum Gasteiger partial charge on any atom is 0.241 e. The van der Waals surface area contributed by atoms with Crippen LogP contribution in [-0.2, 0) is 11.3 Å². The van der Waals surface area contributed by atoms with E-state index in [0.29, 0.717) is 6.54 Å². The molecule has 0 saturated heterocycles. The molecule has 1 rings (SSSR count). The van der Waals surface area contributed by atoms with Gasteiger partial charge in [0.05, 0.1) is 6.54 Å². The Morgan fingerprint density at radius 3 is 3.00 bits per heavy atom. The number of hydrogen-bond donors (Lipinski definition) is 1. The molecule has 1 aromatic heterocycles. The van der Waals surface area contributed by atoms with Crippen molar-refractivity contribution in [1.82, 2.24) is 4.98 Å². The van der Waals surface area contributed by atoms with Crippen molar-refractivity contribution in [3.05, 3.63) is 18.7 Å². The summed E-state index contributed by atoms with van der Waals surface area (Å²) in [6.45, 7) is 0.464. The van der Waals surface area contributed by atoms with Gasteiger partial charge in [-0.05, 0) is 0 Å². The zero-order valence-electron chi connectivity index (χ0n) is 5.41. The minimum atomic E-state index is -1.02. The molecule has 0 fully saturated rings. The van der Waals surface area contributed by atoms with Gasteiger partial charge >= 0.3 is 0 Å². The van der Waals surface area contributed by atoms with Crippen molar-refractivity contribution in [2.75, 3.05) is 0 Å². The Kier molecular flexibility index (Phi) is 2.04. The maximum absolute atomic E-state index is 9.96. The van der Waals surface area contributed by atoms with Crippen LogP contribution in [0.15, 0.2) is 18.7 Å². The average molecular weight is 140 g/mol. The minimum Gasteiger partial charge on any atom is -0.550 e. The van der Waals surface area contributed by atoms with Gasteiger partial charge in [-0.3, -0.25) is 4.98 Å². The van der Waals surface area contributed by atoms with E-state index in [2.05, 4.69) is 4.98 Å². The number of imidazole rings is 1. The summed E-state index contributed by atoms with van der Waals surface area (Å²) >= 11 is 0. The van der Waals surface area contributed by atoms with Crippen LogP contribution in [0.4, 0.5) is 0 Å². The fraction of sp³-hybridized carbons (Fsp3) is 0.333. The van der Waals surface area contributed by atoms with Gasteiger partial charge in [0, 0.05) is 12.4 Å². The molecule has 0 aromatic carbocycles. The van der Waals surface area contributed by atoms with Crippen molar-refractivity contribution in [2.45, 2.75) is 13.0 Å². The second-order valence-electron chi connectivity index (χ2n) is 1.97. The highest BCUT2D eigenvalue weighted by Gasteiger charge is 1.94. The molecule has 0 atom stereocenters. The first-order chi connectivity index (χ1) is 4.79. The summed E-state index contributed by atoms with van der Waals surface area (Å²) < 4.78 is 1.75. The molecule has 0 bridgehead atoms. The number of aliphatic carboxylic acids is 1. The lowest BCUT2D eigenvalue weighted by Gasteiger charge is -1.96. The first kappa shape index (κ1) is 6.80. The highest BCUT2D eigenvalue weighted by Crippen LogP contribution is 1.76. The largest absolute Gasteiger partial charge is 0.550 e. The van der Waals surface area contributed by atoms with Crippen LogP contribution in [0.1, 0.15) is 6.42 Å². The molecule has 0 spiro atoms. The maximum atomic E-state index is 9.96. The van der Waals surface area contributed by atoms with E-state index >= 15 is 0 Å². The predicted molar refractivity (Wildman–Crippen MR) is 30.6 cm³/mol. The van der Waals surface area contributed by atoms with Crippen LogP contribution >= 0.6 is 0 Å². The van der Waals surface area contributed by atoms with E-state index in [1.165, 1.54) is 0 Å². The van der Waals surface area contributed by atoms with Gasteiger partial charge in [0.2, 0.25) is 6.33 Å². The monoisotopic (exact) mass is 140 g/mol. The van der Waals surface area contributed by atoms with Crippen molar-refractivity contribution in [3.63, 3.8) is 0 Å². The summed E-state index contributed by atoms with van der Waals surface area (Å²) in [7, 11) is 0. The summed E-state index contributed by atoms with van der Waals surface area (Å²) in [6.07, 6.45) is 5.25. The normalized spacial score (nSPS) is 9.60. The number of nitrogens with one attached hydrogen (secondary N) is 1. The number of H-pyrrole nitrogens is 1. The Bertz CT molecular complexity index is 206.